The maximum Gasteiger partial charge on any atom is 0.0541 e. The van der Waals surface area contributed by atoms with E-state index in [1.165, 1.54) is 117 Å². The highest BCUT2D eigenvalue weighted by Crippen LogP contribution is 2.42. The summed E-state index contributed by atoms with van der Waals surface area (Å²) in [4.78, 5) is 0. The third kappa shape index (κ3) is 7.48. The Morgan fingerprint density at radius 2 is 0.750 bits per heavy atom. The van der Waals surface area contributed by atoms with Crippen LogP contribution < -0.4 is 0 Å². The van der Waals surface area contributed by atoms with Crippen LogP contribution in [0.1, 0.15) is 90.2 Å². The topological polar surface area (TPSA) is 9.86 Å². The molecule has 270 valence electrons. The summed E-state index contributed by atoms with van der Waals surface area (Å²) in [5, 5.41) is 5.09. The molecule has 0 amide bonds. The summed E-state index contributed by atoms with van der Waals surface area (Å²) in [6.07, 6.45) is 11.9. The fourth-order valence-corrected chi connectivity index (χ4v) is 9.81. The van der Waals surface area contributed by atoms with Crippen LogP contribution in [0, 0.1) is 11.8 Å². The van der Waals surface area contributed by atoms with Crippen molar-refractivity contribution in [3.05, 3.63) is 114 Å². The number of hydrogen-bond acceptors (Lipinski definition) is 0. The van der Waals surface area contributed by atoms with Gasteiger partial charge in [-0.05, 0) is 121 Å². The van der Waals surface area contributed by atoms with Gasteiger partial charge in [0.1, 0.15) is 0 Å². The van der Waals surface area contributed by atoms with Crippen LogP contribution in [-0.2, 0) is 12.8 Å². The molecular weight excluding hydrogens is 900 g/mol. The quantitative estimate of drug-likeness (QED) is 0.103. The van der Waals surface area contributed by atoms with E-state index in [1.54, 1.807) is 0 Å². The smallest absolute Gasteiger partial charge is 0.0541 e. The van der Waals surface area contributed by atoms with Gasteiger partial charge in [-0.25, -0.2) is 0 Å². The van der Waals surface area contributed by atoms with Gasteiger partial charge in [0, 0.05) is 50.8 Å². The Morgan fingerprint density at radius 3 is 1.02 bits per heavy atom. The molecule has 0 saturated carbocycles. The predicted molar refractivity (Wildman–Crippen MR) is 240 cm³/mol. The normalized spacial score (nSPS) is 13.2. The van der Waals surface area contributed by atoms with E-state index < -0.39 is 0 Å². The number of fused-ring (bicyclic) bond motifs is 6. The molecule has 7 rings (SSSR count). The van der Waals surface area contributed by atoms with Crippen molar-refractivity contribution in [3.8, 4) is 11.4 Å². The molecular formula is C46H48Br4N2. The zero-order valence-electron chi connectivity index (χ0n) is 30.7. The zero-order valence-corrected chi connectivity index (χ0v) is 37.1. The molecule has 2 heterocycles. The molecule has 2 nitrogen and oxygen atoms in total. The number of rotatable bonds is 14. The lowest BCUT2D eigenvalue weighted by Gasteiger charge is -2.25. The van der Waals surface area contributed by atoms with Gasteiger partial charge in [-0.3, -0.25) is 0 Å². The van der Waals surface area contributed by atoms with Crippen LogP contribution in [0.2, 0.25) is 0 Å². The first-order valence-corrected chi connectivity index (χ1v) is 22.4. The minimum atomic E-state index is 0.617. The van der Waals surface area contributed by atoms with Gasteiger partial charge in [0.25, 0.3) is 0 Å². The van der Waals surface area contributed by atoms with Gasteiger partial charge in [-0.15, -0.1) is 0 Å². The Bertz CT molecular complexity index is 2100. The van der Waals surface area contributed by atoms with Crippen molar-refractivity contribution in [2.24, 2.45) is 11.8 Å². The second-order valence-electron chi connectivity index (χ2n) is 14.7. The standard InChI is InChI=1S/C46H48Br4N2/c1-5-9-11-29(7-3)21-31-23-46(52-43-19-15-35(49)27-39(43)40-28-36(50)16-20-44(40)52)32(22-30(8-4)12-10-6-2)24-45(31)51-41-17-13-33(47)25-37(41)38-26-34(48)14-18-42(38)51/h13-20,23-30H,5-12,21-22H2,1-4H3. The molecule has 0 aliphatic carbocycles. The Balaban J connectivity index is 1.58. The summed E-state index contributed by atoms with van der Waals surface area (Å²) in [7, 11) is 0. The summed E-state index contributed by atoms with van der Waals surface area (Å²) in [6.45, 7) is 9.40. The molecule has 6 heteroatoms. The average Bonchev–Trinajstić information content (AvgIpc) is 3.62. The van der Waals surface area contributed by atoms with Crippen LogP contribution in [0.15, 0.2) is 103 Å². The highest BCUT2D eigenvalue weighted by atomic mass is 79.9. The summed E-state index contributed by atoms with van der Waals surface area (Å²) in [5.74, 6) is 1.23. The van der Waals surface area contributed by atoms with Gasteiger partial charge in [-0.1, -0.05) is 143 Å². The number of halogens is 4. The Morgan fingerprint density at radius 1 is 0.442 bits per heavy atom. The van der Waals surface area contributed by atoms with Gasteiger partial charge >= 0.3 is 0 Å². The average molecular weight is 949 g/mol. The van der Waals surface area contributed by atoms with Crippen LogP contribution in [0.25, 0.3) is 55.0 Å². The van der Waals surface area contributed by atoms with E-state index in [0.717, 1.165) is 30.7 Å². The molecule has 2 unspecified atom stereocenters. The number of unbranched alkanes of at least 4 members (excludes halogenated alkanes) is 2. The fraction of sp³-hybridized carbons (Fsp3) is 0.348. The molecule has 0 radical (unpaired) electrons. The molecule has 0 saturated heterocycles. The van der Waals surface area contributed by atoms with Crippen LogP contribution in [0.3, 0.4) is 0 Å². The largest absolute Gasteiger partial charge is 0.309 e. The summed E-state index contributed by atoms with van der Waals surface area (Å²) in [6, 6.07) is 32.4. The second-order valence-corrected chi connectivity index (χ2v) is 18.3. The van der Waals surface area contributed by atoms with Crippen LogP contribution in [0.5, 0.6) is 0 Å². The maximum atomic E-state index is 3.80. The van der Waals surface area contributed by atoms with Gasteiger partial charge in [0.2, 0.25) is 0 Å². The van der Waals surface area contributed by atoms with Crippen molar-refractivity contribution in [2.75, 3.05) is 0 Å². The van der Waals surface area contributed by atoms with Crippen LogP contribution >= 0.6 is 63.7 Å². The molecule has 0 fully saturated rings. The Hall–Kier alpha value is -2.38. The lowest BCUT2D eigenvalue weighted by atomic mass is 9.87. The Labute approximate surface area is 342 Å². The molecule has 52 heavy (non-hydrogen) atoms. The first kappa shape index (κ1) is 37.9. The molecule has 2 atom stereocenters. The molecule has 2 aromatic heterocycles. The summed E-state index contributed by atoms with van der Waals surface area (Å²) >= 11 is 15.2. The molecule has 0 spiro atoms. The lowest BCUT2D eigenvalue weighted by molar-refractivity contribution is 0.446. The van der Waals surface area contributed by atoms with Gasteiger partial charge in [-0.2, -0.15) is 0 Å². The summed E-state index contributed by atoms with van der Waals surface area (Å²) in [5.41, 5.74) is 10.5. The first-order chi connectivity index (χ1) is 25.2. The highest BCUT2D eigenvalue weighted by Gasteiger charge is 2.24. The van der Waals surface area contributed by atoms with Gasteiger partial charge in [0.15, 0.2) is 0 Å². The fourth-order valence-electron chi connectivity index (χ4n) is 8.37. The van der Waals surface area contributed by atoms with E-state index in [4.69, 9.17) is 0 Å². The zero-order chi connectivity index (χ0) is 36.5. The van der Waals surface area contributed by atoms with Crippen LogP contribution in [0.4, 0.5) is 0 Å². The third-order valence-corrected chi connectivity index (χ3v) is 13.2. The van der Waals surface area contributed by atoms with Gasteiger partial charge in [0.05, 0.1) is 22.1 Å². The van der Waals surface area contributed by atoms with Crippen molar-refractivity contribution in [1.82, 2.24) is 9.13 Å². The van der Waals surface area contributed by atoms with E-state index in [2.05, 4.69) is 185 Å². The van der Waals surface area contributed by atoms with Crippen LogP contribution in [-0.4, -0.2) is 9.13 Å². The van der Waals surface area contributed by atoms with Crippen molar-refractivity contribution in [1.29, 1.82) is 0 Å². The third-order valence-electron chi connectivity index (χ3n) is 11.2. The van der Waals surface area contributed by atoms with E-state index in [0.29, 0.717) is 11.8 Å². The number of hydrogen-bond donors (Lipinski definition) is 0. The molecule has 0 bridgehead atoms. The predicted octanol–water partition coefficient (Wildman–Crippen LogP) is 16.4. The number of nitrogens with zero attached hydrogens (tertiary/aromatic N) is 2. The van der Waals surface area contributed by atoms with E-state index >= 15 is 0 Å². The lowest BCUT2D eigenvalue weighted by Crippen LogP contribution is -2.13. The van der Waals surface area contributed by atoms with Crippen molar-refractivity contribution < 1.29 is 0 Å². The Kier molecular flexibility index (Phi) is 12.1. The highest BCUT2D eigenvalue weighted by molar-refractivity contribution is 9.11. The molecule has 5 aromatic carbocycles. The van der Waals surface area contributed by atoms with Crippen molar-refractivity contribution >= 4 is 107 Å². The maximum absolute atomic E-state index is 3.80. The second kappa shape index (κ2) is 16.6. The van der Waals surface area contributed by atoms with E-state index in [1.807, 2.05) is 0 Å². The van der Waals surface area contributed by atoms with E-state index in [-0.39, 0.29) is 0 Å². The number of benzene rings is 5. The number of aromatic nitrogens is 2. The summed E-state index contributed by atoms with van der Waals surface area (Å²) < 4.78 is 9.57. The van der Waals surface area contributed by atoms with Crippen molar-refractivity contribution in [3.63, 3.8) is 0 Å². The molecule has 0 aliphatic heterocycles. The van der Waals surface area contributed by atoms with Gasteiger partial charge < -0.3 is 9.13 Å². The molecule has 7 aromatic rings. The monoisotopic (exact) mass is 944 g/mol. The first-order valence-electron chi connectivity index (χ1n) is 19.2. The molecule has 0 aliphatic rings. The van der Waals surface area contributed by atoms with E-state index in [9.17, 15) is 0 Å². The SMILES string of the molecule is CCCCC(CC)Cc1cc(-n2c3ccc(Br)cc3c3cc(Br)ccc32)c(CC(CC)CCCC)cc1-n1c2ccc(Br)cc2c2cc(Br)ccc21. The molecule has 0 N–H and O–H groups in total. The van der Waals surface area contributed by atoms with Crippen molar-refractivity contribution in [2.45, 2.75) is 91.9 Å². The minimum absolute atomic E-state index is 0.617. The minimum Gasteiger partial charge on any atom is -0.309 e.